The lowest BCUT2D eigenvalue weighted by atomic mass is 10.0. The van der Waals surface area contributed by atoms with Crippen molar-refractivity contribution in [3.05, 3.63) is 231 Å². The van der Waals surface area contributed by atoms with E-state index in [1.165, 1.54) is 60.3 Å². The van der Waals surface area contributed by atoms with Gasteiger partial charge in [-0.1, -0.05) is 176 Å². The molecular weight excluding hydrogens is 753 g/mol. The van der Waals surface area contributed by atoms with E-state index in [1.807, 2.05) is 12.1 Å². The van der Waals surface area contributed by atoms with Crippen LogP contribution in [0.25, 0.3) is 111 Å². The summed E-state index contributed by atoms with van der Waals surface area (Å²) in [4.78, 5) is 10.2. The number of para-hydroxylation sites is 2. The van der Waals surface area contributed by atoms with Gasteiger partial charge in [0.15, 0.2) is 5.82 Å². The molecule has 3 aromatic heterocycles. The van der Waals surface area contributed by atoms with E-state index in [9.17, 15) is 0 Å². The van der Waals surface area contributed by atoms with Crippen molar-refractivity contribution < 1.29 is 0 Å². The number of nitrogens with zero attached hydrogens (tertiary/aromatic N) is 4. The van der Waals surface area contributed by atoms with Gasteiger partial charge in [0.05, 0.1) is 33.5 Å². The fourth-order valence-corrected chi connectivity index (χ4v) is 9.18. The molecule has 12 rings (SSSR count). The first-order valence-electron chi connectivity index (χ1n) is 21.1. The van der Waals surface area contributed by atoms with Crippen molar-refractivity contribution >= 4 is 43.6 Å². The Bertz CT molecular complexity index is 3510. The van der Waals surface area contributed by atoms with Crippen molar-refractivity contribution in [2.75, 3.05) is 0 Å². The van der Waals surface area contributed by atoms with Gasteiger partial charge in [-0.25, -0.2) is 9.97 Å². The molecule has 290 valence electrons. The second kappa shape index (κ2) is 14.7. The maximum absolute atomic E-state index is 5.12. The fraction of sp³-hybridized carbons (Fsp3) is 0. The van der Waals surface area contributed by atoms with Crippen molar-refractivity contribution in [2.45, 2.75) is 0 Å². The largest absolute Gasteiger partial charge is 0.307 e. The third kappa shape index (κ3) is 6.00. The molecule has 0 radical (unpaired) electrons. The molecule has 0 aliphatic heterocycles. The molecule has 0 aliphatic rings. The smallest absolute Gasteiger partial charge is 0.160 e. The summed E-state index contributed by atoms with van der Waals surface area (Å²) < 4.78 is 4.89. The number of hydrogen-bond acceptors (Lipinski definition) is 2. The highest BCUT2D eigenvalue weighted by molar-refractivity contribution is 6.23. The summed E-state index contributed by atoms with van der Waals surface area (Å²) in [7, 11) is 0. The van der Waals surface area contributed by atoms with Crippen molar-refractivity contribution in [1.29, 1.82) is 0 Å². The quantitative estimate of drug-likeness (QED) is 0.161. The van der Waals surface area contributed by atoms with Crippen molar-refractivity contribution in [2.24, 2.45) is 0 Å². The predicted octanol–water partition coefficient (Wildman–Crippen LogP) is 15.0. The Kier molecular flexibility index (Phi) is 8.46. The molecule has 0 N–H and O–H groups in total. The van der Waals surface area contributed by atoms with Crippen LogP contribution in [0.1, 0.15) is 0 Å². The fourth-order valence-electron chi connectivity index (χ4n) is 9.18. The first-order valence-corrected chi connectivity index (χ1v) is 21.1. The van der Waals surface area contributed by atoms with Crippen LogP contribution in [0.4, 0.5) is 0 Å². The number of benzene rings is 9. The molecule has 0 unspecified atom stereocenters. The highest BCUT2D eigenvalue weighted by atomic mass is 15.0. The van der Waals surface area contributed by atoms with Crippen molar-refractivity contribution in [3.8, 4) is 67.5 Å². The Hall–Kier alpha value is -8.34. The number of hydrogen-bond donors (Lipinski definition) is 0. The average molecular weight is 791 g/mol. The Labute approximate surface area is 359 Å². The van der Waals surface area contributed by atoms with Crippen molar-refractivity contribution in [1.82, 2.24) is 19.1 Å². The lowest BCUT2D eigenvalue weighted by Gasteiger charge is -2.14. The third-order valence-electron chi connectivity index (χ3n) is 12.2. The second-order valence-corrected chi connectivity index (χ2v) is 15.8. The van der Waals surface area contributed by atoms with Crippen LogP contribution in [-0.4, -0.2) is 19.1 Å². The lowest BCUT2D eigenvalue weighted by molar-refractivity contribution is 1.14. The van der Waals surface area contributed by atoms with Crippen LogP contribution >= 0.6 is 0 Å². The Balaban J connectivity index is 1.01. The number of aromatic nitrogens is 4. The summed E-state index contributed by atoms with van der Waals surface area (Å²) >= 11 is 0. The summed E-state index contributed by atoms with van der Waals surface area (Å²) in [6.45, 7) is 0. The van der Waals surface area contributed by atoms with Gasteiger partial charge in [-0.05, 0) is 76.9 Å². The molecule has 0 spiro atoms. The van der Waals surface area contributed by atoms with E-state index >= 15 is 0 Å². The van der Waals surface area contributed by atoms with E-state index in [4.69, 9.17) is 9.97 Å². The highest BCUT2D eigenvalue weighted by Crippen LogP contribution is 2.42. The van der Waals surface area contributed by atoms with Gasteiger partial charge < -0.3 is 9.13 Å². The van der Waals surface area contributed by atoms with E-state index in [0.29, 0.717) is 5.82 Å². The molecule has 0 atom stereocenters. The van der Waals surface area contributed by atoms with Gasteiger partial charge in [0.1, 0.15) is 0 Å². The van der Waals surface area contributed by atoms with Crippen LogP contribution < -0.4 is 0 Å². The summed E-state index contributed by atoms with van der Waals surface area (Å²) in [5.41, 5.74) is 16.5. The summed E-state index contributed by atoms with van der Waals surface area (Å²) in [6, 6.07) is 82.1. The summed E-state index contributed by atoms with van der Waals surface area (Å²) in [5, 5.41) is 4.87. The molecule has 4 nitrogen and oxygen atoms in total. The normalized spacial score (nSPS) is 11.5. The monoisotopic (exact) mass is 790 g/mol. The number of rotatable bonds is 7. The van der Waals surface area contributed by atoms with Gasteiger partial charge in [0.2, 0.25) is 0 Å². The van der Waals surface area contributed by atoms with Crippen LogP contribution in [0.15, 0.2) is 231 Å². The van der Waals surface area contributed by atoms with Crippen LogP contribution in [0, 0.1) is 0 Å². The predicted molar refractivity (Wildman–Crippen MR) is 258 cm³/mol. The molecule has 4 heteroatoms. The highest BCUT2D eigenvalue weighted by Gasteiger charge is 2.21. The van der Waals surface area contributed by atoms with Crippen molar-refractivity contribution in [3.63, 3.8) is 0 Å². The van der Waals surface area contributed by atoms with Gasteiger partial charge in [-0.15, -0.1) is 0 Å². The van der Waals surface area contributed by atoms with E-state index in [1.54, 1.807) is 0 Å². The molecule has 0 amide bonds. The second-order valence-electron chi connectivity index (χ2n) is 15.8. The minimum atomic E-state index is 0.692. The molecule has 0 saturated heterocycles. The Morgan fingerprint density at radius 3 is 1.03 bits per heavy atom. The molecule has 0 fully saturated rings. The van der Waals surface area contributed by atoms with E-state index in [0.717, 1.165) is 45.0 Å². The van der Waals surface area contributed by atoms with Crippen LogP contribution in [-0.2, 0) is 0 Å². The van der Waals surface area contributed by atoms with Gasteiger partial charge >= 0.3 is 0 Å². The first-order chi connectivity index (χ1) is 30.7. The molecule has 0 saturated carbocycles. The third-order valence-corrected chi connectivity index (χ3v) is 12.2. The number of fused-ring (bicyclic) bond motifs is 7. The topological polar surface area (TPSA) is 35.6 Å². The zero-order chi connectivity index (χ0) is 41.0. The van der Waals surface area contributed by atoms with Gasteiger partial charge in [0.25, 0.3) is 0 Å². The average Bonchev–Trinajstić information content (AvgIpc) is 3.88. The standard InChI is InChI=1S/C58H38N4/c1-4-14-39(15-5-1)40-24-26-41(27-25-40)42-28-32-46(33-29-42)61-54-22-12-10-20-48(54)50-36-37-51-49-21-11-13-23-55(49)62(57(51)56(50)61)47-34-30-45(31-35-47)58-59-52(43-16-6-2-7-17-43)38-53(60-58)44-18-8-3-9-19-44/h1-38H. The zero-order valence-corrected chi connectivity index (χ0v) is 33.7. The van der Waals surface area contributed by atoms with E-state index in [2.05, 4.69) is 228 Å². The van der Waals surface area contributed by atoms with Gasteiger partial charge in [0, 0.05) is 49.6 Å². The SMILES string of the molecule is c1ccc(-c2ccc(-c3ccc(-n4c5ccccc5c5ccc6c7ccccc7n(-c7ccc(-c8nc(-c9ccccc9)cc(-c9ccccc9)n8)cc7)c6c54)cc3)cc2)cc1. The van der Waals surface area contributed by atoms with E-state index in [-0.39, 0.29) is 0 Å². The van der Waals surface area contributed by atoms with Crippen LogP contribution in [0.5, 0.6) is 0 Å². The molecule has 62 heavy (non-hydrogen) atoms. The molecule has 0 aliphatic carbocycles. The maximum atomic E-state index is 5.12. The lowest BCUT2D eigenvalue weighted by Crippen LogP contribution is -1.99. The first kappa shape index (κ1) is 35.6. The minimum absolute atomic E-state index is 0.692. The molecule has 12 aromatic rings. The minimum Gasteiger partial charge on any atom is -0.307 e. The summed E-state index contributed by atoms with van der Waals surface area (Å²) in [5.74, 6) is 0.692. The van der Waals surface area contributed by atoms with Crippen LogP contribution in [0.3, 0.4) is 0 Å². The maximum Gasteiger partial charge on any atom is 0.160 e. The zero-order valence-electron chi connectivity index (χ0n) is 33.7. The van der Waals surface area contributed by atoms with Gasteiger partial charge in [-0.3, -0.25) is 0 Å². The van der Waals surface area contributed by atoms with Gasteiger partial charge in [-0.2, -0.15) is 0 Å². The summed E-state index contributed by atoms with van der Waals surface area (Å²) in [6.07, 6.45) is 0. The van der Waals surface area contributed by atoms with E-state index < -0.39 is 0 Å². The molecule has 9 aromatic carbocycles. The van der Waals surface area contributed by atoms with Crippen LogP contribution in [0.2, 0.25) is 0 Å². The molecule has 0 bridgehead atoms. The molecule has 3 heterocycles. The molecular formula is C58H38N4. The Morgan fingerprint density at radius 1 is 0.258 bits per heavy atom. The Morgan fingerprint density at radius 2 is 0.597 bits per heavy atom.